The van der Waals surface area contributed by atoms with Crippen LogP contribution in [0.25, 0.3) is 0 Å². The van der Waals surface area contributed by atoms with Crippen LogP contribution in [0.5, 0.6) is 17.2 Å². The second-order valence-corrected chi connectivity index (χ2v) is 23.1. The van der Waals surface area contributed by atoms with Gasteiger partial charge in [0.1, 0.15) is 43.8 Å². The summed E-state index contributed by atoms with van der Waals surface area (Å²) in [4.78, 5) is 32.5. The summed E-state index contributed by atoms with van der Waals surface area (Å²) >= 11 is 0. The van der Waals surface area contributed by atoms with Gasteiger partial charge in [0.05, 0.1) is 27.8 Å². The molecule has 0 radical (unpaired) electrons. The van der Waals surface area contributed by atoms with Crippen LogP contribution in [-0.2, 0) is 73.2 Å². The number of carbonyl (C=O) groups is 3. The molecule has 4 aromatic rings. The van der Waals surface area contributed by atoms with Gasteiger partial charge < -0.3 is 28.4 Å². The quantitative estimate of drug-likeness (QED) is 0.0633. The van der Waals surface area contributed by atoms with E-state index in [2.05, 4.69) is 0 Å². The molecule has 29 heteroatoms. The normalized spacial score (nSPS) is 13.7. The second-order valence-electron chi connectivity index (χ2n) is 18.8. The average molecular weight is 1150 g/mol. The Kier molecular flexibility index (Phi) is 17.9. The lowest BCUT2D eigenvalue weighted by Gasteiger charge is -2.41. The van der Waals surface area contributed by atoms with Gasteiger partial charge in [0, 0.05) is 21.9 Å². The lowest BCUT2D eigenvalue weighted by atomic mass is 9.89. The van der Waals surface area contributed by atoms with Crippen molar-refractivity contribution in [2.24, 2.45) is 0 Å². The van der Waals surface area contributed by atoms with Crippen molar-refractivity contribution in [1.82, 2.24) is 0 Å². The number of hydrogen-bond acceptors (Lipinski definition) is 12. The molecule has 0 saturated carbocycles. The summed E-state index contributed by atoms with van der Waals surface area (Å²) < 4.78 is 294. The lowest BCUT2D eigenvalue weighted by molar-refractivity contribution is -0.191. The number of hydrogen-bond donors (Lipinski definition) is 0. The van der Waals surface area contributed by atoms with Gasteiger partial charge in [0.15, 0.2) is 19.8 Å². The van der Waals surface area contributed by atoms with Gasteiger partial charge in [-0.15, -0.1) is 0 Å². The fourth-order valence-corrected chi connectivity index (χ4v) is 12.7. The van der Waals surface area contributed by atoms with Crippen LogP contribution in [-0.4, -0.2) is 62.9 Å². The average Bonchev–Trinajstić information content (AvgIpc) is 3.22. The van der Waals surface area contributed by atoms with Gasteiger partial charge >= 0.3 is 58.9 Å². The van der Waals surface area contributed by atoms with Crippen molar-refractivity contribution in [2.75, 3.05) is 19.8 Å². The van der Waals surface area contributed by atoms with Crippen LogP contribution in [0.15, 0.2) is 92.4 Å². The molecular weight excluding hydrogens is 1110 g/mol. The Morgan fingerprint density at radius 3 is 0.961 bits per heavy atom. The number of benzene rings is 4. The SMILES string of the molecule is CC(C)(C)OC(=O)COc1cc(OCC(=O)OC(C)(C)C)c(S(OS(=O)(=O)c2c(C(F)(F)F)c(C(F)(F)F)c(C(F)(F)F)c(C(F)(F)F)c2C(F)(F)F)(c2ccccc2)c2ccccc2)c(OCC(=O)OC(C)(C)C)c1. The number of alkyl halides is 15. The predicted octanol–water partition coefficient (Wildman–Crippen LogP) is 13.5. The number of carbonyl (C=O) groups excluding carboxylic acids is 3. The first-order valence-electron chi connectivity index (χ1n) is 21.4. The van der Waals surface area contributed by atoms with Gasteiger partial charge in [-0.25, -0.2) is 18.0 Å². The molecule has 0 aliphatic heterocycles. The van der Waals surface area contributed by atoms with Gasteiger partial charge in [-0.3, -0.25) is 0 Å². The van der Waals surface area contributed by atoms with Crippen molar-refractivity contribution in [1.29, 1.82) is 0 Å². The molecule has 0 bridgehead atoms. The third-order valence-corrected chi connectivity index (χ3v) is 14.3. The Morgan fingerprint density at radius 2 is 0.684 bits per heavy atom. The first kappa shape index (κ1) is 62.4. The molecule has 422 valence electrons. The monoisotopic (exact) mass is 1150 g/mol. The van der Waals surface area contributed by atoms with E-state index in [4.69, 9.17) is 32.1 Å². The summed E-state index contributed by atoms with van der Waals surface area (Å²) in [5, 5.41) is 0. The summed E-state index contributed by atoms with van der Waals surface area (Å²) in [6.45, 7) is 8.84. The minimum absolute atomic E-state index is 0.656. The van der Waals surface area contributed by atoms with Crippen molar-refractivity contribution in [3.63, 3.8) is 0 Å². The van der Waals surface area contributed by atoms with Crippen molar-refractivity contribution < 1.29 is 121 Å². The van der Waals surface area contributed by atoms with Crippen LogP contribution in [0.3, 0.4) is 0 Å². The largest absolute Gasteiger partial charge is 0.482 e. The molecule has 0 atom stereocenters. The number of halogens is 15. The highest BCUT2D eigenvalue weighted by molar-refractivity contribution is 8.33. The minimum Gasteiger partial charge on any atom is -0.482 e. The Labute approximate surface area is 425 Å². The minimum atomic E-state index is -7.87. The zero-order valence-corrected chi connectivity index (χ0v) is 42.6. The molecule has 0 unspecified atom stereocenters. The van der Waals surface area contributed by atoms with Crippen LogP contribution in [0.2, 0.25) is 0 Å². The van der Waals surface area contributed by atoms with Crippen molar-refractivity contribution in [2.45, 2.75) is 130 Å². The topological polar surface area (TPSA) is 150 Å². The number of ether oxygens (including phenoxy) is 6. The van der Waals surface area contributed by atoms with E-state index < -0.39 is 170 Å². The van der Waals surface area contributed by atoms with E-state index in [-0.39, 0.29) is 0 Å². The summed E-state index contributed by atoms with van der Waals surface area (Å²) in [6, 6.07) is 10.9. The molecule has 76 heavy (non-hydrogen) atoms. The molecule has 12 nitrogen and oxygen atoms in total. The maximum absolute atomic E-state index is 15.3. The molecule has 0 fully saturated rings. The summed E-state index contributed by atoms with van der Waals surface area (Å²) in [6.07, 6.45) is -36.9. The van der Waals surface area contributed by atoms with E-state index >= 15 is 34.8 Å². The standard InChI is InChI=1S/C47H45F15O12S2/c1-40(2,3)71-30(63)22-68-25-20-28(69-23-31(64)72-41(4,5)6)38(29(21-25)70-24-32(65)73-42(7,8)9)75(26-16-12-10-13-17-26,27-18-14-11-15-19-27)74-76(66,67)39-36(46(57,58)59)34(44(51,52)53)33(43(48,49)50)35(45(54,55)56)37(39)47(60,61)62/h10-21H,22-24H2,1-9H3. The molecule has 0 aliphatic carbocycles. The van der Waals surface area contributed by atoms with Gasteiger partial charge in [-0.1, -0.05) is 36.4 Å². The molecule has 0 spiro atoms. The van der Waals surface area contributed by atoms with E-state index in [9.17, 15) is 53.9 Å². The summed E-state index contributed by atoms with van der Waals surface area (Å²) in [5.74, 6) is -6.49. The smallest absolute Gasteiger partial charge is 0.418 e. The highest BCUT2D eigenvalue weighted by Crippen LogP contribution is 2.75. The first-order chi connectivity index (χ1) is 34.2. The van der Waals surface area contributed by atoms with E-state index in [1.165, 1.54) is 62.3 Å². The van der Waals surface area contributed by atoms with Crippen LogP contribution in [0, 0.1) is 0 Å². The summed E-state index contributed by atoms with van der Waals surface area (Å²) in [5.41, 5.74) is -26.4. The van der Waals surface area contributed by atoms with E-state index in [0.29, 0.717) is 12.1 Å². The Bertz CT molecular complexity index is 2730. The molecule has 0 N–H and O–H groups in total. The van der Waals surface area contributed by atoms with Crippen LogP contribution < -0.4 is 14.2 Å². The van der Waals surface area contributed by atoms with Crippen LogP contribution in [0.1, 0.15) is 90.1 Å². The second kappa shape index (κ2) is 21.7. The van der Waals surface area contributed by atoms with Crippen molar-refractivity contribution in [3.8, 4) is 17.2 Å². The molecule has 4 rings (SSSR count). The van der Waals surface area contributed by atoms with Crippen LogP contribution in [0.4, 0.5) is 65.9 Å². The first-order valence-corrected chi connectivity index (χ1v) is 24.4. The van der Waals surface area contributed by atoms with E-state index in [1.807, 2.05) is 0 Å². The lowest BCUT2D eigenvalue weighted by Crippen LogP contribution is -2.34. The Morgan fingerprint density at radius 1 is 0.408 bits per heavy atom. The molecule has 0 amide bonds. The maximum Gasteiger partial charge on any atom is 0.418 e. The Balaban J connectivity index is 2.45. The molecule has 4 aromatic carbocycles. The van der Waals surface area contributed by atoms with Gasteiger partial charge in [-0.05, 0) is 96.9 Å². The molecule has 0 saturated heterocycles. The van der Waals surface area contributed by atoms with Gasteiger partial charge in [0.2, 0.25) is 0 Å². The zero-order chi connectivity index (χ0) is 58.2. The zero-order valence-electron chi connectivity index (χ0n) is 40.9. The molecular formula is C47H45F15O12S2. The van der Waals surface area contributed by atoms with Crippen molar-refractivity contribution in [3.05, 3.63) is 101 Å². The highest BCUT2D eigenvalue weighted by atomic mass is 32.3. The number of esters is 3. The van der Waals surface area contributed by atoms with Gasteiger partial charge in [-0.2, -0.15) is 74.3 Å². The summed E-state index contributed by atoms with van der Waals surface area (Å²) in [7, 11) is -13.2. The third kappa shape index (κ3) is 15.5. The predicted molar refractivity (Wildman–Crippen MR) is 235 cm³/mol. The fourth-order valence-electron chi connectivity index (χ4n) is 6.91. The highest BCUT2D eigenvalue weighted by Gasteiger charge is 2.63. The maximum atomic E-state index is 15.3. The van der Waals surface area contributed by atoms with E-state index in [0.717, 1.165) is 60.7 Å². The van der Waals surface area contributed by atoms with Crippen LogP contribution >= 0.6 is 10.3 Å². The van der Waals surface area contributed by atoms with Gasteiger partial charge in [0.25, 0.3) is 0 Å². The van der Waals surface area contributed by atoms with Crippen molar-refractivity contribution >= 4 is 38.3 Å². The molecule has 0 heterocycles. The van der Waals surface area contributed by atoms with E-state index in [1.54, 1.807) is 0 Å². The molecule has 0 aromatic heterocycles. The molecule has 0 aliphatic rings. The number of rotatable bonds is 15. The third-order valence-electron chi connectivity index (χ3n) is 9.05. The fraction of sp³-hybridized carbons (Fsp3) is 0.426. The Hall–Kier alpha value is -6.10.